The van der Waals surface area contributed by atoms with Gasteiger partial charge in [-0.05, 0) is 87.0 Å². The Hall–Kier alpha value is -2.07. The molecule has 1 atom stereocenters. The van der Waals surface area contributed by atoms with E-state index in [1.165, 1.54) is 66.7 Å². The van der Waals surface area contributed by atoms with Crippen LogP contribution >= 0.6 is 12.2 Å². The molecule has 0 spiro atoms. The van der Waals surface area contributed by atoms with Crippen LogP contribution in [-0.2, 0) is 13.0 Å². The van der Waals surface area contributed by atoms with Crippen LogP contribution in [0.1, 0.15) is 68.7 Å². The predicted molar refractivity (Wildman–Crippen MR) is 139 cm³/mol. The standard InChI is InChI=1S/C27H39N3S/c1-6-8-16-29-17-10-13-24-18-23(14-15-25(24)29)19-30(22(5)7-2)27(31)28-26-20(3)11-9-12-21(26)4/h9,11-12,14-15,18,22H,6-8,10,13,16-17,19H2,1-5H3,(H,28,31)/t22-/m0/s1. The Kier molecular flexibility index (Phi) is 8.36. The van der Waals surface area contributed by atoms with Gasteiger partial charge in [0.05, 0.1) is 0 Å². The third-order valence-electron chi connectivity index (χ3n) is 6.59. The molecule has 2 aromatic carbocycles. The van der Waals surface area contributed by atoms with Crippen molar-refractivity contribution in [3.63, 3.8) is 0 Å². The van der Waals surface area contributed by atoms with Crippen molar-refractivity contribution in [2.24, 2.45) is 0 Å². The first-order valence-corrected chi connectivity index (χ1v) is 12.4. The second kappa shape index (κ2) is 11.0. The average molecular weight is 438 g/mol. The fourth-order valence-corrected chi connectivity index (χ4v) is 4.79. The Morgan fingerprint density at radius 3 is 2.58 bits per heavy atom. The lowest BCUT2D eigenvalue weighted by molar-refractivity contribution is 0.319. The van der Waals surface area contributed by atoms with Crippen LogP contribution in [0.4, 0.5) is 11.4 Å². The lowest BCUT2D eigenvalue weighted by Gasteiger charge is -2.34. The van der Waals surface area contributed by atoms with E-state index < -0.39 is 0 Å². The van der Waals surface area contributed by atoms with Crippen LogP contribution in [0.25, 0.3) is 0 Å². The van der Waals surface area contributed by atoms with Crippen molar-refractivity contribution in [1.82, 2.24) is 4.90 Å². The molecule has 0 saturated heterocycles. The third kappa shape index (κ3) is 5.79. The summed E-state index contributed by atoms with van der Waals surface area (Å²) in [5, 5.41) is 4.37. The van der Waals surface area contributed by atoms with E-state index in [9.17, 15) is 0 Å². The van der Waals surface area contributed by atoms with Gasteiger partial charge < -0.3 is 15.1 Å². The van der Waals surface area contributed by atoms with Crippen LogP contribution in [0.15, 0.2) is 36.4 Å². The molecule has 3 rings (SSSR count). The van der Waals surface area contributed by atoms with Crippen LogP contribution < -0.4 is 10.2 Å². The Balaban J connectivity index is 1.79. The average Bonchev–Trinajstić information content (AvgIpc) is 2.77. The molecule has 0 radical (unpaired) electrons. The molecule has 168 valence electrons. The number of fused-ring (bicyclic) bond motifs is 1. The van der Waals surface area contributed by atoms with E-state index in [-0.39, 0.29) is 0 Å². The van der Waals surface area contributed by atoms with Gasteiger partial charge in [-0.2, -0.15) is 0 Å². The first-order chi connectivity index (χ1) is 14.9. The van der Waals surface area contributed by atoms with E-state index in [1.807, 2.05) is 0 Å². The summed E-state index contributed by atoms with van der Waals surface area (Å²) in [5.74, 6) is 0. The van der Waals surface area contributed by atoms with Gasteiger partial charge in [0.2, 0.25) is 0 Å². The number of para-hydroxylation sites is 1. The molecule has 1 heterocycles. The minimum Gasteiger partial charge on any atom is -0.371 e. The number of hydrogen-bond donors (Lipinski definition) is 1. The van der Waals surface area contributed by atoms with Crippen LogP contribution in [0.5, 0.6) is 0 Å². The van der Waals surface area contributed by atoms with Gasteiger partial charge in [-0.15, -0.1) is 0 Å². The smallest absolute Gasteiger partial charge is 0.173 e. The molecular formula is C27H39N3S. The van der Waals surface area contributed by atoms with Gasteiger partial charge in [0, 0.05) is 37.1 Å². The second-order valence-corrected chi connectivity index (χ2v) is 9.38. The summed E-state index contributed by atoms with van der Waals surface area (Å²) < 4.78 is 0. The van der Waals surface area contributed by atoms with E-state index in [0.29, 0.717) is 6.04 Å². The lowest BCUT2D eigenvalue weighted by atomic mass is 9.98. The van der Waals surface area contributed by atoms with Crippen LogP contribution in [0.3, 0.4) is 0 Å². The maximum Gasteiger partial charge on any atom is 0.173 e. The fraction of sp³-hybridized carbons (Fsp3) is 0.519. The summed E-state index contributed by atoms with van der Waals surface area (Å²) in [6.07, 6.45) is 6.01. The molecule has 0 amide bonds. The van der Waals surface area contributed by atoms with E-state index in [4.69, 9.17) is 12.2 Å². The van der Waals surface area contributed by atoms with Crippen LogP contribution in [0, 0.1) is 13.8 Å². The van der Waals surface area contributed by atoms with Gasteiger partial charge in [-0.1, -0.05) is 50.6 Å². The highest BCUT2D eigenvalue weighted by molar-refractivity contribution is 7.80. The van der Waals surface area contributed by atoms with Crippen molar-refractivity contribution in [1.29, 1.82) is 0 Å². The Labute approximate surface area is 194 Å². The predicted octanol–water partition coefficient (Wildman–Crippen LogP) is 6.85. The van der Waals surface area contributed by atoms with Crippen molar-refractivity contribution in [2.75, 3.05) is 23.3 Å². The number of benzene rings is 2. The second-order valence-electron chi connectivity index (χ2n) is 8.99. The first kappa shape index (κ1) is 23.6. The number of hydrogen-bond acceptors (Lipinski definition) is 2. The molecule has 0 unspecified atom stereocenters. The third-order valence-corrected chi connectivity index (χ3v) is 6.93. The highest BCUT2D eigenvalue weighted by atomic mass is 32.1. The van der Waals surface area contributed by atoms with Crippen molar-refractivity contribution in [2.45, 2.75) is 79.3 Å². The zero-order valence-corrected chi connectivity index (χ0v) is 20.8. The quantitative estimate of drug-likeness (QED) is 0.455. The zero-order chi connectivity index (χ0) is 22.4. The van der Waals surface area contributed by atoms with E-state index >= 15 is 0 Å². The van der Waals surface area contributed by atoms with E-state index in [0.717, 1.165) is 23.8 Å². The molecule has 0 saturated carbocycles. The molecule has 0 aliphatic carbocycles. The topological polar surface area (TPSA) is 18.5 Å². The Morgan fingerprint density at radius 2 is 1.90 bits per heavy atom. The van der Waals surface area contributed by atoms with Gasteiger partial charge in [-0.3, -0.25) is 0 Å². The normalized spacial score (nSPS) is 14.2. The molecule has 4 heteroatoms. The number of anilines is 2. The fourth-order valence-electron chi connectivity index (χ4n) is 4.44. The number of nitrogens with one attached hydrogen (secondary N) is 1. The number of nitrogens with zero attached hydrogens (tertiary/aromatic N) is 2. The molecule has 0 aromatic heterocycles. The summed E-state index contributed by atoms with van der Waals surface area (Å²) in [7, 11) is 0. The summed E-state index contributed by atoms with van der Waals surface area (Å²) >= 11 is 5.91. The van der Waals surface area contributed by atoms with Gasteiger partial charge in [0.1, 0.15) is 0 Å². The van der Waals surface area contributed by atoms with Crippen molar-refractivity contribution < 1.29 is 0 Å². The van der Waals surface area contributed by atoms with E-state index in [1.54, 1.807) is 0 Å². The molecule has 2 aromatic rings. The van der Waals surface area contributed by atoms with Crippen LogP contribution in [0.2, 0.25) is 0 Å². The highest BCUT2D eigenvalue weighted by Gasteiger charge is 2.20. The zero-order valence-electron chi connectivity index (χ0n) is 20.0. The van der Waals surface area contributed by atoms with Crippen LogP contribution in [-0.4, -0.2) is 29.1 Å². The number of rotatable bonds is 8. The maximum atomic E-state index is 5.91. The molecule has 1 aliphatic heterocycles. The van der Waals surface area contributed by atoms with Gasteiger partial charge >= 0.3 is 0 Å². The largest absolute Gasteiger partial charge is 0.371 e. The molecule has 3 nitrogen and oxygen atoms in total. The highest BCUT2D eigenvalue weighted by Crippen LogP contribution is 2.29. The summed E-state index contributed by atoms with van der Waals surface area (Å²) in [6, 6.07) is 13.8. The lowest BCUT2D eigenvalue weighted by Crippen LogP contribution is -2.40. The number of unbranched alkanes of at least 4 members (excludes halogenated alkanes) is 1. The molecule has 0 fully saturated rings. The summed E-state index contributed by atoms with van der Waals surface area (Å²) in [6.45, 7) is 14.3. The Bertz CT molecular complexity index is 872. The minimum atomic E-state index is 0.376. The Morgan fingerprint density at radius 1 is 1.16 bits per heavy atom. The molecule has 31 heavy (non-hydrogen) atoms. The first-order valence-electron chi connectivity index (χ1n) is 11.9. The van der Waals surface area contributed by atoms with Gasteiger partial charge in [-0.25, -0.2) is 0 Å². The van der Waals surface area contributed by atoms with Crippen molar-refractivity contribution in [3.05, 3.63) is 58.7 Å². The SMILES string of the molecule is CCCCN1CCCc2cc(CN(C(=S)Nc3c(C)cccc3C)[C@@H](C)CC)ccc21. The monoisotopic (exact) mass is 437 g/mol. The molecular weight excluding hydrogens is 398 g/mol. The summed E-state index contributed by atoms with van der Waals surface area (Å²) in [5.41, 5.74) is 7.88. The van der Waals surface area contributed by atoms with Gasteiger partial charge in [0.25, 0.3) is 0 Å². The molecule has 1 aliphatic rings. The van der Waals surface area contributed by atoms with Crippen molar-refractivity contribution in [3.8, 4) is 0 Å². The van der Waals surface area contributed by atoms with E-state index in [2.05, 4.69) is 86.1 Å². The van der Waals surface area contributed by atoms with Gasteiger partial charge in [0.15, 0.2) is 5.11 Å². The maximum absolute atomic E-state index is 5.91. The number of thiocarbonyl (C=S) groups is 1. The minimum absolute atomic E-state index is 0.376. The molecule has 0 bridgehead atoms. The number of aryl methyl sites for hydroxylation is 3. The summed E-state index contributed by atoms with van der Waals surface area (Å²) in [4.78, 5) is 4.92. The molecule has 1 N–H and O–H groups in total. The van der Waals surface area contributed by atoms with Crippen molar-refractivity contribution >= 4 is 28.7 Å².